The lowest BCUT2D eigenvalue weighted by atomic mass is 9.84. The number of aliphatic carboxylic acids is 1. The highest BCUT2D eigenvalue weighted by Gasteiger charge is 2.19. The molecular weight excluding hydrogens is 256 g/mol. The minimum atomic E-state index is -0.786. The van der Waals surface area contributed by atoms with Crippen LogP contribution in [0.5, 0.6) is 0 Å². The van der Waals surface area contributed by atoms with Gasteiger partial charge in [0.05, 0.1) is 0 Å². The van der Waals surface area contributed by atoms with E-state index in [0.29, 0.717) is 18.7 Å². The number of carboxylic acids is 1. The number of nitrogens with zero attached hydrogens (tertiary/aromatic N) is 1. The number of rotatable bonds is 7. The van der Waals surface area contributed by atoms with Crippen LogP contribution in [0.4, 0.5) is 0 Å². The van der Waals surface area contributed by atoms with Crippen LogP contribution in [-0.2, 0) is 4.79 Å². The molecule has 0 bridgehead atoms. The molecular formula is C15H22N2O3. The van der Waals surface area contributed by atoms with Crippen molar-refractivity contribution in [1.82, 2.24) is 10.3 Å². The molecule has 0 aliphatic heterocycles. The second kappa shape index (κ2) is 7.03. The van der Waals surface area contributed by atoms with E-state index < -0.39 is 5.97 Å². The molecule has 1 aromatic rings. The first-order valence-electron chi connectivity index (χ1n) is 6.73. The maximum Gasteiger partial charge on any atom is 0.303 e. The van der Waals surface area contributed by atoms with Gasteiger partial charge in [-0.1, -0.05) is 19.9 Å². The molecule has 0 radical (unpaired) electrons. The van der Waals surface area contributed by atoms with Gasteiger partial charge in [-0.05, 0) is 36.8 Å². The quantitative estimate of drug-likeness (QED) is 0.802. The Morgan fingerprint density at radius 3 is 2.65 bits per heavy atom. The Kier molecular flexibility index (Phi) is 5.67. The van der Waals surface area contributed by atoms with E-state index in [9.17, 15) is 9.59 Å². The van der Waals surface area contributed by atoms with Gasteiger partial charge in [0.25, 0.3) is 5.91 Å². The molecule has 0 unspecified atom stereocenters. The van der Waals surface area contributed by atoms with Crippen molar-refractivity contribution in [3.05, 3.63) is 29.6 Å². The molecule has 0 atom stereocenters. The van der Waals surface area contributed by atoms with Crippen LogP contribution in [0.15, 0.2) is 18.3 Å². The second-order valence-corrected chi connectivity index (χ2v) is 5.73. The van der Waals surface area contributed by atoms with E-state index in [1.807, 2.05) is 26.8 Å². The zero-order valence-electron chi connectivity index (χ0n) is 12.3. The van der Waals surface area contributed by atoms with Gasteiger partial charge in [0.1, 0.15) is 5.69 Å². The number of aromatic nitrogens is 1. The van der Waals surface area contributed by atoms with Crippen LogP contribution in [0.2, 0.25) is 0 Å². The molecule has 0 saturated carbocycles. The highest BCUT2D eigenvalue weighted by atomic mass is 16.4. The Morgan fingerprint density at radius 2 is 2.05 bits per heavy atom. The minimum absolute atomic E-state index is 0.106. The molecule has 0 aliphatic carbocycles. The van der Waals surface area contributed by atoms with E-state index in [2.05, 4.69) is 10.3 Å². The molecule has 1 heterocycles. The lowest BCUT2D eigenvalue weighted by molar-refractivity contribution is -0.137. The van der Waals surface area contributed by atoms with Crippen LogP contribution in [0.25, 0.3) is 0 Å². The van der Waals surface area contributed by atoms with Crippen LogP contribution in [0, 0.1) is 12.3 Å². The summed E-state index contributed by atoms with van der Waals surface area (Å²) in [7, 11) is 0. The largest absolute Gasteiger partial charge is 0.481 e. The Balaban J connectivity index is 2.42. The highest BCUT2D eigenvalue weighted by molar-refractivity contribution is 5.93. The number of carbonyl (C=O) groups excluding carboxylic acids is 1. The molecule has 1 rings (SSSR count). The third-order valence-electron chi connectivity index (χ3n) is 3.33. The summed E-state index contributed by atoms with van der Waals surface area (Å²) in [5, 5.41) is 11.5. The fraction of sp³-hybridized carbons (Fsp3) is 0.533. The van der Waals surface area contributed by atoms with Gasteiger partial charge in [-0.15, -0.1) is 0 Å². The standard InChI is InChI=1S/C15H22N2O3/c1-11-5-4-9-16-13(11)14(20)17-10-8-15(2,3)7-6-12(18)19/h4-5,9H,6-8,10H2,1-3H3,(H,17,20)(H,18,19). The molecule has 2 N–H and O–H groups in total. The maximum atomic E-state index is 11.9. The number of nitrogens with one attached hydrogen (secondary N) is 1. The molecule has 5 nitrogen and oxygen atoms in total. The van der Waals surface area contributed by atoms with E-state index in [4.69, 9.17) is 5.11 Å². The Morgan fingerprint density at radius 1 is 1.35 bits per heavy atom. The van der Waals surface area contributed by atoms with Crippen molar-refractivity contribution in [2.45, 2.75) is 40.0 Å². The molecule has 5 heteroatoms. The first kappa shape index (κ1) is 16.1. The van der Waals surface area contributed by atoms with Crippen molar-refractivity contribution in [3.8, 4) is 0 Å². The fourth-order valence-corrected chi connectivity index (χ4v) is 1.89. The SMILES string of the molecule is Cc1cccnc1C(=O)NCCC(C)(C)CCC(=O)O. The van der Waals surface area contributed by atoms with Gasteiger partial charge in [-0.25, -0.2) is 0 Å². The summed E-state index contributed by atoms with van der Waals surface area (Å²) in [6, 6.07) is 3.64. The van der Waals surface area contributed by atoms with Crippen molar-refractivity contribution in [1.29, 1.82) is 0 Å². The van der Waals surface area contributed by atoms with E-state index in [1.54, 1.807) is 12.3 Å². The van der Waals surface area contributed by atoms with E-state index in [0.717, 1.165) is 12.0 Å². The normalized spacial score (nSPS) is 11.2. The number of pyridine rings is 1. The van der Waals surface area contributed by atoms with Crippen molar-refractivity contribution in [2.75, 3.05) is 6.54 Å². The summed E-state index contributed by atoms with van der Waals surface area (Å²) in [4.78, 5) is 26.6. The van der Waals surface area contributed by atoms with Crippen molar-refractivity contribution < 1.29 is 14.7 Å². The fourth-order valence-electron chi connectivity index (χ4n) is 1.89. The topological polar surface area (TPSA) is 79.3 Å². The summed E-state index contributed by atoms with van der Waals surface area (Å²) in [5.41, 5.74) is 1.18. The van der Waals surface area contributed by atoms with Gasteiger partial charge in [0.15, 0.2) is 0 Å². The number of carbonyl (C=O) groups is 2. The molecule has 0 saturated heterocycles. The zero-order chi connectivity index (χ0) is 15.2. The number of aryl methyl sites for hydroxylation is 1. The molecule has 20 heavy (non-hydrogen) atoms. The monoisotopic (exact) mass is 278 g/mol. The Hall–Kier alpha value is -1.91. The van der Waals surface area contributed by atoms with Gasteiger partial charge in [0, 0.05) is 19.2 Å². The van der Waals surface area contributed by atoms with Crippen LogP contribution in [0.3, 0.4) is 0 Å². The molecule has 0 aliphatic rings. The maximum absolute atomic E-state index is 11.9. The van der Waals surface area contributed by atoms with Crippen molar-refractivity contribution in [3.63, 3.8) is 0 Å². The average Bonchev–Trinajstić information content (AvgIpc) is 2.37. The van der Waals surface area contributed by atoms with Gasteiger partial charge < -0.3 is 10.4 Å². The third kappa shape index (κ3) is 5.38. The Bertz CT molecular complexity index is 484. The highest BCUT2D eigenvalue weighted by Crippen LogP contribution is 2.26. The summed E-state index contributed by atoms with van der Waals surface area (Å²) in [6.45, 7) is 6.38. The molecule has 110 valence electrons. The van der Waals surface area contributed by atoms with E-state index in [-0.39, 0.29) is 17.7 Å². The second-order valence-electron chi connectivity index (χ2n) is 5.73. The smallest absolute Gasteiger partial charge is 0.303 e. The zero-order valence-corrected chi connectivity index (χ0v) is 12.3. The van der Waals surface area contributed by atoms with Crippen molar-refractivity contribution >= 4 is 11.9 Å². The number of carboxylic acid groups (broad SMARTS) is 1. The first-order chi connectivity index (χ1) is 9.32. The Labute approximate surface area is 119 Å². The third-order valence-corrected chi connectivity index (χ3v) is 3.33. The lowest BCUT2D eigenvalue weighted by Crippen LogP contribution is -2.29. The van der Waals surface area contributed by atoms with E-state index >= 15 is 0 Å². The van der Waals surface area contributed by atoms with Gasteiger partial charge >= 0.3 is 5.97 Å². The molecule has 1 aromatic heterocycles. The summed E-state index contributed by atoms with van der Waals surface area (Å²) in [6.07, 6.45) is 3.08. The predicted molar refractivity (Wildman–Crippen MR) is 76.6 cm³/mol. The van der Waals surface area contributed by atoms with Crippen LogP contribution >= 0.6 is 0 Å². The molecule has 0 fully saturated rings. The molecule has 1 amide bonds. The number of hydrogen-bond donors (Lipinski definition) is 2. The van der Waals surface area contributed by atoms with E-state index in [1.165, 1.54) is 0 Å². The van der Waals surface area contributed by atoms with Gasteiger partial charge in [-0.2, -0.15) is 0 Å². The molecule has 0 spiro atoms. The average molecular weight is 278 g/mol. The summed E-state index contributed by atoms with van der Waals surface area (Å²) >= 11 is 0. The summed E-state index contributed by atoms with van der Waals surface area (Å²) < 4.78 is 0. The van der Waals surface area contributed by atoms with Crippen molar-refractivity contribution in [2.24, 2.45) is 5.41 Å². The first-order valence-corrected chi connectivity index (χ1v) is 6.73. The van der Waals surface area contributed by atoms with Crippen LogP contribution in [-0.4, -0.2) is 28.5 Å². The summed E-state index contributed by atoms with van der Waals surface area (Å²) in [5.74, 6) is -0.969. The lowest BCUT2D eigenvalue weighted by Gasteiger charge is -2.23. The minimum Gasteiger partial charge on any atom is -0.481 e. The van der Waals surface area contributed by atoms with Crippen LogP contribution in [0.1, 0.15) is 49.2 Å². The predicted octanol–water partition coefficient (Wildman–Crippen LogP) is 2.40. The van der Waals surface area contributed by atoms with Gasteiger partial charge in [-0.3, -0.25) is 14.6 Å². The molecule has 0 aromatic carbocycles. The number of amides is 1. The number of hydrogen-bond acceptors (Lipinski definition) is 3. The van der Waals surface area contributed by atoms with Crippen LogP contribution < -0.4 is 5.32 Å². The van der Waals surface area contributed by atoms with Gasteiger partial charge in [0.2, 0.25) is 0 Å².